The Balaban J connectivity index is 1.46. The van der Waals surface area contributed by atoms with Crippen LogP contribution in [0.5, 0.6) is 0 Å². The van der Waals surface area contributed by atoms with Crippen LogP contribution in [0.3, 0.4) is 0 Å². The van der Waals surface area contributed by atoms with E-state index in [0.717, 1.165) is 43.8 Å². The van der Waals surface area contributed by atoms with Gasteiger partial charge in [0.25, 0.3) is 0 Å². The lowest BCUT2D eigenvalue weighted by Gasteiger charge is -2.34. The van der Waals surface area contributed by atoms with Crippen molar-refractivity contribution >= 4 is 23.3 Å². The Bertz CT molecular complexity index is 826. The highest BCUT2D eigenvalue weighted by atomic mass is 35.5. The van der Waals surface area contributed by atoms with Crippen LogP contribution in [0.4, 0.5) is 0 Å². The average Bonchev–Trinajstić information content (AvgIpc) is 3.54. The van der Waals surface area contributed by atoms with Crippen molar-refractivity contribution in [2.45, 2.75) is 45.4 Å². The minimum Gasteiger partial charge on any atom is -0.375 e. The first kappa shape index (κ1) is 21.4. The number of aliphatic imine (C=N–C) groups is 1. The maximum Gasteiger partial charge on any atom is 0.228 e. The minimum absolute atomic E-state index is 0.0702. The summed E-state index contributed by atoms with van der Waals surface area (Å²) in [5, 5.41) is 3.62. The van der Waals surface area contributed by atoms with Gasteiger partial charge < -0.3 is 10.2 Å². The molecule has 0 spiro atoms. The van der Waals surface area contributed by atoms with Gasteiger partial charge in [0.1, 0.15) is 5.84 Å². The first-order valence-corrected chi connectivity index (χ1v) is 10.7. The van der Waals surface area contributed by atoms with Gasteiger partial charge in [0, 0.05) is 29.7 Å². The van der Waals surface area contributed by atoms with Crippen molar-refractivity contribution in [3.63, 3.8) is 0 Å². The molecule has 4 nitrogen and oxygen atoms in total. The molecule has 154 valence electrons. The van der Waals surface area contributed by atoms with Crippen molar-refractivity contribution < 1.29 is 4.79 Å². The van der Waals surface area contributed by atoms with Crippen LogP contribution < -0.4 is 5.32 Å². The maximum absolute atomic E-state index is 11.7. The Morgan fingerprint density at radius 2 is 1.83 bits per heavy atom. The number of carbonyl (C=O) groups is 1. The third-order valence-corrected chi connectivity index (χ3v) is 5.78. The van der Waals surface area contributed by atoms with Crippen molar-refractivity contribution in [1.82, 2.24) is 10.2 Å². The summed E-state index contributed by atoms with van der Waals surface area (Å²) in [6, 6.07) is 8.26. The van der Waals surface area contributed by atoms with Gasteiger partial charge in [0.15, 0.2) is 0 Å². The summed E-state index contributed by atoms with van der Waals surface area (Å²) in [5.41, 5.74) is 3.25. The molecule has 2 aliphatic rings. The fraction of sp³-hybridized carbons (Fsp3) is 0.417. The predicted molar refractivity (Wildman–Crippen MR) is 121 cm³/mol. The molecule has 5 heteroatoms. The quantitative estimate of drug-likeness (QED) is 0.385. The third-order valence-electron chi connectivity index (χ3n) is 5.52. The molecule has 1 aliphatic carbocycles. The van der Waals surface area contributed by atoms with E-state index in [-0.39, 0.29) is 11.8 Å². The first-order chi connectivity index (χ1) is 13.9. The van der Waals surface area contributed by atoms with Gasteiger partial charge in [0.05, 0.1) is 5.70 Å². The number of amides is 1. The molecule has 3 rings (SSSR count). The van der Waals surface area contributed by atoms with Crippen LogP contribution >= 0.6 is 11.6 Å². The topological polar surface area (TPSA) is 44.7 Å². The van der Waals surface area contributed by atoms with Crippen molar-refractivity contribution in [1.29, 1.82) is 0 Å². The normalized spacial score (nSPS) is 18.9. The van der Waals surface area contributed by atoms with Crippen molar-refractivity contribution in [2.24, 2.45) is 10.9 Å². The van der Waals surface area contributed by atoms with Gasteiger partial charge in [-0.25, -0.2) is 4.99 Å². The molecule has 1 N–H and O–H groups in total. The van der Waals surface area contributed by atoms with Crippen LogP contribution in [-0.2, 0) is 4.79 Å². The second kappa shape index (κ2) is 9.93. The van der Waals surface area contributed by atoms with E-state index in [1.165, 1.54) is 11.3 Å². The lowest BCUT2D eigenvalue weighted by molar-refractivity contribution is -0.120. The molecule has 1 saturated heterocycles. The second-order valence-corrected chi connectivity index (χ2v) is 8.37. The number of carbonyl (C=O) groups excluding carboxylic acids is 1. The zero-order valence-electron chi connectivity index (χ0n) is 17.3. The maximum atomic E-state index is 11.7. The number of nitrogens with zero attached hydrogens (tertiary/aromatic N) is 2. The molecule has 1 heterocycles. The lowest BCUT2D eigenvalue weighted by atomic mass is 9.89. The summed E-state index contributed by atoms with van der Waals surface area (Å²) in [7, 11) is 0. The smallest absolute Gasteiger partial charge is 0.228 e. The van der Waals surface area contributed by atoms with Crippen LogP contribution in [-0.4, -0.2) is 29.7 Å². The van der Waals surface area contributed by atoms with Crippen LogP contribution in [0, 0.1) is 5.92 Å². The van der Waals surface area contributed by atoms with Crippen molar-refractivity contribution in [3.8, 4) is 0 Å². The van der Waals surface area contributed by atoms with Gasteiger partial charge in [0.2, 0.25) is 5.91 Å². The van der Waals surface area contributed by atoms with E-state index >= 15 is 0 Å². The predicted octanol–water partition coefficient (Wildman–Crippen LogP) is 5.44. The van der Waals surface area contributed by atoms with E-state index in [0.29, 0.717) is 17.5 Å². The largest absolute Gasteiger partial charge is 0.375 e. The van der Waals surface area contributed by atoms with Gasteiger partial charge in [-0.15, -0.1) is 0 Å². The molecule has 1 amide bonds. The summed E-state index contributed by atoms with van der Waals surface area (Å²) in [6.07, 6.45) is 10.2. The summed E-state index contributed by atoms with van der Waals surface area (Å²) < 4.78 is 0. The highest BCUT2D eigenvalue weighted by Gasteiger charge is 2.29. The first-order valence-electron chi connectivity index (χ1n) is 10.3. The zero-order valence-corrected chi connectivity index (χ0v) is 18.1. The third kappa shape index (κ3) is 6.60. The van der Waals surface area contributed by atoms with Crippen molar-refractivity contribution in [3.05, 3.63) is 71.1 Å². The van der Waals surface area contributed by atoms with E-state index < -0.39 is 0 Å². The molecule has 0 aromatic heterocycles. The molecule has 1 aliphatic heterocycles. The monoisotopic (exact) mass is 411 g/mol. The van der Waals surface area contributed by atoms with Gasteiger partial charge in [-0.1, -0.05) is 36.4 Å². The second-order valence-electron chi connectivity index (χ2n) is 7.93. The minimum atomic E-state index is 0.0702. The van der Waals surface area contributed by atoms with Gasteiger partial charge >= 0.3 is 0 Å². The Labute approximate surface area is 179 Å². The van der Waals surface area contributed by atoms with E-state index in [1.54, 1.807) is 6.92 Å². The molecule has 0 unspecified atom stereocenters. The fourth-order valence-corrected chi connectivity index (χ4v) is 3.74. The van der Waals surface area contributed by atoms with Gasteiger partial charge in [-0.3, -0.25) is 4.79 Å². The van der Waals surface area contributed by atoms with E-state index in [4.69, 9.17) is 11.6 Å². The molecule has 1 aromatic rings. The highest BCUT2D eigenvalue weighted by molar-refractivity contribution is 6.30. The number of rotatable bonds is 6. The van der Waals surface area contributed by atoms with E-state index in [2.05, 4.69) is 46.9 Å². The number of likely N-dealkylation sites (tertiary alicyclic amines) is 1. The lowest BCUT2D eigenvalue weighted by Crippen LogP contribution is -2.31. The number of benzene rings is 1. The summed E-state index contributed by atoms with van der Waals surface area (Å²) in [4.78, 5) is 18.5. The Hall–Kier alpha value is -2.33. The Morgan fingerprint density at radius 1 is 1.17 bits per heavy atom. The molecule has 2 fully saturated rings. The number of hydrogen-bond acceptors (Lipinski definition) is 3. The van der Waals surface area contributed by atoms with Crippen LogP contribution in [0.15, 0.2) is 65.5 Å². The molecule has 0 radical (unpaired) electrons. The van der Waals surface area contributed by atoms with E-state index in [1.807, 2.05) is 24.3 Å². The average molecular weight is 412 g/mol. The Morgan fingerprint density at radius 3 is 2.45 bits per heavy atom. The molecular formula is C24H30ClN3O. The molecule has 1 saturated carbocycles. The number of hydrogen-bond donors (Lipinski definition) is 1. The molecule has 29 heavy (non-hydrogen) atoms. The van der Waals surface area contributed by atoms with Crippen molar-refractivity contribution in [2.75, 3.05) is 13.1 Å². The van der Waals surface area contributed by atoms with Crippen LogP contribution in [0.1, 0.15) is 51.0 Å². The zero-order chi connectivity index (χ0) is 20.8. The summed E-state index contributed by atoms with van der Waals surface area (Å²) >= 11 is 6.00. The highest BCUT2D eigenvalue weighted by Crippen LogP contribution is 2.30. The van der Waals surface area contributed by atoms with Gasteiger partial charge in [-0.2, -0.15) is 0 Å². The summed E-state index contributed by atoms with van der Waals surface area (Å²) in [5.74, 6) is 1.45. The van der Waals surface area contributed by atoms with Gasteiger partial charge in [-0.05, 0) is 75.3 Å². The standard InChI is InChI=1S/C24H30ClN3O/c1-17(26-19(3)27-24(29)22-7-8-22)5-4-6-18(2)28-15-13-21(14-16-28)20-9-11-23(25)12-10-20/h4-6,9-12,21-22H,1,7-8,13-16H2,2-3H3,(H,26,27,29)/b5-4-,18-6?. The Kier molecular flexibility index (Phi) is 7.32. The number of halogens is 1. The molecule has 1 aromatic carbocycles. The molecular weight excluding hydrogens is 382 g/mol. The summed E-state index contributed by atoms with van der Waals surface area (Å²) in [6.45, 7) is 9.98. The number of allylic oxidation sites excluding steroid dienone is 4. The number of amidine groups is 1. The number of piperidine rings is 1. The van der Waals surface area contributed by atoms with Crippen LogP contribution in [0.25, 0.3) is 0 Å². The van der Waals surface area contributed by atoms with Crippen LogP contribution in [0.2, 0.25) is 5.02 Å². The fourth-order valence-electron chi connectivity index (χ4n) is 3.61. The SMILES string of the molecule is C=C(/C=C\C=C(C)N1CCC(c2ccc(Cl)cc2)CC1)N=C(C)NC(=O)C1CC1. The molecule has 0 bridgehead atoms. The van der Waals surface area contributed by atoms with E-state index in [9.17, 15) is 4.79 Å². The molecule has 0 atom stereocenters. The number of nitrogens with one attached hydrogen (secondary N) is 1.